The van der Waals surface area contributed by atoms with Gasteiger partial charge in [0.1, 0.15) is 6.61 Å². The number of nitrogens with zero attached hydrogens (tertiary/aromatic N) is 1. The Morgan fingerprint density at radius 1 is 1.03 bits per heavy atom. The maximum Gasteiger partial charge on any atom is 0.409 e. The number of benzene rings is 3. The number of carbonyl (C=O) groups is 1. The first kappa shape index (κ1) is 19.7. The predicted octanol–water partition coefficient (Wildman–Crippen LogP) is 5.36. The van der Waals surface area contributed by atoms with Crippen molar-refractivity contribution in [3.8, 4) is 11.1 Å². The van der Waals surface area contributed by atoms with E-state index in [0.717, 1.165) is 10.0 Å². The minimum absolute atomic E-state index is 0.0229. The van der Waals surface area contributed by atoms with Crippen molar-refractivity contribution in [3.63, 3.8) is 0 Å². The van der Waals surface area contributed by atoms with Crippen LogP contribution in [0.1, 0.15) is 28.7 Å². The van der Waals surface area contributed by atoms with E-state index in [2.05, 4.69) is 40.2 Å². The van der Waals surface area contributed by atoms with E-state index >= 15 is 0 Å². The van der Waals surface area contributed by atoms with Crippen molar-refractivity contribution in [1.82, 2.24) is 4.90 Å². The summed E-state index contributed by atoms with van der Waals surface area (Å²) in [5.74, 6) is 0.0229. The van der Waals surface area contributed by atoms with Gasteiger partial charge in [-0.25, -0.2) is 4.79 Å². The first-order valence-corrected chi connectivity index (χ1v) is 10.3. The molecular formula is C24H22BrNO3. The molecule has 29 heavy (non-hydrogen) atoms. The fraction of sp³-hybridized carbons (Fsp3) is 0.208. The van der Waals surface area contributed by atoms with E-state index in [0.29, 0.717) is 0 Å². The molecule has 1 unspecified atom stereocenters. The summed E-state index contributed by atoms with van der Waals surface area (Å²) in [4.78, 5) is 14.0. The van der Waals surface area contributed by atoms with Crippen molar-refractivity contribution in [2.24, 2.45) is 0 Å². The van der Waals surface area contributed by atoms with Crippen LogP contribution in [0.3, 0.4) is 0 Å². The summed E-state index contributed by atoms with van der Waals surface area (Å²) < 4.78 is 6.52. The molecule has 0 saturated heterocycles. The van der Waals surface area contributed by atoms with Gasteiger partial charge >= 0.3 is 6.09 Å². The molecule has 1 aliphatic rings. The molecule has 4 rings (SSSR count). The Kier molecular flexibility index (Phi) is 5.69. The predicted molar refractivity (Wildman–Crippen MR) is 117 cm³/mol. The van der Waals surface area contributed by atoms with Crippen molar-refractivity contribution >= 4 is 22.0 Å². The highest BCUT2D eigenvalue weighted by Crippen LogP contribution is 2.44. The number of fused-ring (bicyclic) bond motifs is 3. The van der Waals surface area contributed by atoms with Gasteiger partial charge in [-0.3, -0.25) is 0 Å². The molecule has 0 radical (unpaired) electrons. The second-order valence-corrected chi connectivity index (χ2v) is 8.17. The van der Waals surface area contributed by atoms with E-state index in [4.69, 9.17) is 4.74 Å². The third-order valence-corrected chi connectivity index (χ3v) is 5.82. The summed E-state index contributed by atoms with van der Waals surface area (Å²) in [7, 11) is 1.64. The average molecular weight is 452 g/mol. The quantitative estimate of drug-likeness (QED) is 0.567. The van der Waals surface area contributed by atoms with Gasteiger partial charge in [-0.15, -0.1) is 0 Å². The summed E-state index contributed by atoms with van der Waals surface area (Å²) >= 11 is 3.40. The van der Waals surface area contributed by atoms with Gasteiger partial charge in [-0.2, -0.15) is 0 Å². The molecule has 4 nitrogen and oxygen atoms in total. The molecule has 1 atom stereocenters. The first-order valence-electron chi connectivity index (χ1n) is 9.54. The average Bonchev–Trinajstić information content (AvgIpc) is 3.06. The van der Waals surface area contributed by atoms with Gasteiger partial charge < -0.3 is 14.7 Å². The standard InChI is InChI=1S/C24H22BrNO3/c1-26(14-23(27)16-7-6-8-17(25)13-16)24(28)29-15-22-20-11-4-2-9-18(20)19-10-3-5-12-21(19)22/h2-13,22-23,27H,14-15H2,1H3. The number of aliphatic hydroxyl groups is 1. The zero-order valence-electron chi connectivity index (χ0n) is 16.1. The lowest BCUT2D eigenvalue weighted by Crippen LogP contribution is -2.32. The molecule has 0 heterocycles. The van der Waals surface area contributed by atoms with Crippen molar-refractivity contribution < 1.29 is 14.6 Å². The second-order valence-electron chi connectivity index (χ2n) is 7.26. The van der Waals surface area contributed by atoms with Gasteiger partial charge in [0.05, 0.1) is 12.6 Å². The molecule has 0 aliphatic heterocycles. The molecular weight excluding hydrogens is 430 g/mol. The number of halogens is 1. The highest BCUT2D eigenvalue weighted by atomic mass is 79.9. The van der Waals surface area contributed by atoms with Gasteiger partial charge in [0.25, 0.3) is 0 Å². The lowest BCUT2D eigenvalue weighted by atomic mass is 9.98. The van der Waals surface area contributed by atoms with E-state index in [1.165, 1.54) is 27.2 Å². The van der Waals surface area contributed by atoms with Crippen LogP contribution in [-0.4, -0.2) is 36.3 Å². The Hall–Kier alpha value is -2.63. The molecule has 1 N–H and O–H groups in total. The van der Waals surface area contributed by atoms with Crippen LogP contribution in [0.25, 0.3) is 11.1 Å². The molecule has 1 amide bonds. The van der Waals surface area contributed by atoms with E-state index in [1.54, 1.807) is 7.05 Å². The zero-order chi connectivity index (χ0) is 20.4. The highest BCUT2D eigenvalue weighted by molar-refractivity contribution is 9.10. The first-order chi connectivity index (χ1) is 14.0. The normalized spacial score (nSPS) is 13.5. The molecule has 0 bridgehead atoms. The Balaban J connectivity index is 1.42. The topological polar surface area (TPSA) is 49.8 Å². The number of carbonyl (C=O) groups excluding carboxylic acids is 1. The monoisotopic (exact) mass is 451 g/mol. The van der Waals surface area contributed by atoms with Gasteiger partial charge in [-0.05, 0) is 39.9 Å². The number of ether oxygens (including phenoxy) is 1. The fourth-order valence-corrected chi connectivity index (χ4v) is 4.27. The Labute approximate surface area is 178 Å². The summed E-state index contributed by atoms with van der Waals surface area (Å²) in [6, 6.07) is 23.9. The van der Waals surface area contributed by atoms with Crippen LogP contribution in [0.4, 0.5) is 4.79 Å². The summed E-state index contributed by atoms with van der Waals surface area (Å²) in [6.07, 6.45) is -1.22. The SMILES string of the molecule is CN(CC(O)c1cccc(Br)c1)C(=O)OCC1c2ccccc2-c2ccccc21. The lowest BCUT2D eigenvalue weighted by Gasteiger charge is -2.22. The van der Waals surface area contributed by atoms with E-state index in [-0.39, 0.29) is 19.1 Å². The third-order valence-electron chi connectivity index (χ3n) is 5.33. The van der Waals surface area contributed by atoms with Gasteiger partial charge in [0.15, 0.2) is 0 Å². The van der Waals surface area contributed by atoms with Crippen molar-refractivity contribution in [3.05, 3.63) is 94.0 Å². The Morgan fingerprint density at radius 3 is 2.28 bits per heavy atom. The zero-order valence-corrected chi connectivity index (χ0v) is 17.7. The molecule has 0 fully saturated rings. The number of rotatable bonds is 5. The van der Waals surface area contributed by atoms with E-state index in [1.807, 2.05) is 48.5 Å². The molecule has 3 aromatic rings. The number of hydrogen-bond donors (Lipinski definition) is 1. The Bertz CT molecular complexity index is 990. The van der Waals surface area contributed by atoms with Gasteiger partial charge in [0, 0.05) is 17.4 Å². The number of aliphatic hydroxyl groups excluding tert-OH is 1. The van der Waals surface area contributed by atoms with Crippen LogP contribution in [0, 0.1) is 0 Å². The molecule has 0 spiro atoms. The molecule has 148 valence electrons. The molecule has 0 saturated carbocycles. The molecule has 3 aromatic carbocycles. The summed E-state index contributed by atoms with van der Waals surface area (Å²) in [6.45, 7) is 0.428. The van der Waals surface area contributed by atoms with E-state index < -0.39 is 12.2 Å². The number of hydrogen-bond acceptors (Lipinski definition) is 3. The molecule has 5 heteroatoms. The smallest absolute Gasteiger partial charge is 0.409 e. The van der Waals surface area contributed by atoms with Crippen LogP contribution < -0.4 is 0 Å². The minimum Gasteiger partial charge on any atom is -0.448 e. The van der Waals surface area contributed by atoms with Crippen molar-refractivity contribution in [2.45, 2.75) is 12.0 Å². The lowest BCUT2D eigenvalue weighted by molar-refractivity contribution is 0.0814. The van der Waals surface area contributed by atoms with Crippen LogP contribution >= 0.6 is 15.9 Å². The van der Waals surface area contributed by atoms with Crippen LogP contribution in [0.15, 0.2) is 77.3 Å². The largest absolute Gasteiger partial charge is 0.448 e. The van der Waals surface area contributed by atoms with Crippen LogP contribution in [0.5, 0.6) is 0 Å². The maximum absolute atomic E-state index is 12.5. The minimum atomic E-state index is -0.780. The summed E-state index contributed by atoms with van der Waals surface area (Å²) in [5.41, 5.74) is 5.50. The van der Waals surface area contributed by atoms with Gasteiger partial charge in [-0.1, -0.05) is 76.6 Å². The molecule has 1 aliphatic carbocycles. The third kappa shape index (κ3) is 4.07. The van der Waals surface area contributed by atoms with Crippen molar-refractivity contribution in [1.29, 1.82) is 0 Å². The summed E-state index contributed by atoms with van der Waals surface area (Å²) in [5, 5.41) is 10.4. The van der Waals surface area contributed by atoms with E-state index in [9.17, 15) is 9.90 Å². The highest BCUT2D eigenvalue weighted by Gasteiger charge is 2.29. The fourth-order valence-electron chi connectivity index (χ4n) is 3.86. The second kappa shape index (κ2) is 8.39. The Morgan fingerprint density at radius 2 is 1.66 bits per heavy atom. The van der Waals surface area contributed by atoms with Crippen LogP contribution in [-0.2, 0) is 4.74 Å². The molecule has 0 aromatic heterocycles. The van der Waals surface area contributed by atoms with Crippen LogP contribution in [0.2, 0.25) is 0 Å². The number of likely N-dealkylation sites (N-methyl/N-ethyl adjacent to an activating group) is 1. The van der Waals surface area contributed by atoms with Gasteiger partial charge in [0.2, 0.25) is 0 Å². The van der Waals surface area contributed by atoms with Crippen molar-refractivity contribution in [2.75, 3.05) is 20.2 Å². The maximum atomic E-state index is 12.5. The number of amides is 1.